The third-order valence-corrected chi connectivity index (χ3v) is 4.56. The molecule has 0 saturated carbocycles. The van der Waals surface area contributed by atoms with Crippen LogP contribution in [-0.2, 0) is 22.6 Å². The molecule has 0 radical (unpaired) electrons. The van der Waals surface area contributed by atoms with Crippen LogP contribution >= 0.6 is 0 Å². The number of carbonyl (C=O) groups excluding carboxylic acids is 2. The van der Waals surface area contributed by atoms with Crippen molar-refractivity contribution in [2.75, 3.05) is 6.54 Å². The summed E-state index contributed by atoms with van der Waals surface area (Å²) in [6, 6.07) is 17.5. The molecule has 0 aromatic heterocycles. The zero-order valence-electron chi connectivity index (χ0n) is 16.6. The van der Waals surface area contributed by atoms with E-state index in [1.165, 1.54) is 0 Å². The Morgan fingerprint density at radius 3 is 2.33 bits per heavy atom. The lowest BCUT2D eigenvalue weighted by Crippen LogP contribution is -2.50. The fraction of sp³-hybridized carbons (Fsp3) is 0.391. The van der Waals surface area contributed by atoms with Crippen LogP contribution in [0.1, 0.15) is 43.4 Å². The summed E-state index contributed by atoms with van der Waals surface area (Å²) in [5.74, 6) is -0.0979. The fourth-order valence-electron chi connectivity index (χ4n) is 3.13. The second kappa shape index (κ2) is 10.5. The van der Waals surface area contributed by atoms with Gasteiger partial charge in [0.2, 0.25) is 11.8 Å². The van der Waals surface area contributed by atoms with E-state index >= 15 is 0 Å². The van der Waals surface area contributed by atoms with E-state index in [-0.39, 0.29) is 11.8 Å². The highest BCUT2D eigenvalue weighted by Crippen LogP contribution is 2.16. The van der Waals surface area contributed by atoms with E-state index in [4.69, 9.17) is 0 Å². The van der Waals surface area contributed by atoms with E-state index < -0.39 is 6.04 Å². The molecule has 0 saturated heterocycles. The maximum atomic E-state index is 12.9. The van der Waals surface area contributed by atoms with Gasteiger partial charge in [-0.05, 0) is 24.5 Å². The Morgan fingerprint density at radius 1 is 1.00 bits per heavy atom. The van der Waals surface area contributed by atoms with Gasteiger partial charge < -0.3 is 10.2 Å². The van der Waals surface area contributed by atoms with E-state index in [1.807, 2.05) is 69.3 Å². The molecule has 0 aliphatic rings. The highest BCUT2D eigenvalue weighted by molar-refractivity contribution is 5.87. The van der Waals surface area contributed by atoms with E-state index in [9.17, 15) is 9.59 Å². The zero-order chi connectivity index (χ0) is 19.6. The molecular weight excluding hydrogens is 336 g/mol. The first-order valence-electron chi connectivity index (χ1n) is 9.71. The Hall–Kier alpha value is -2.62. The normalized spacial score (nSPS) is 11.7. The molecule has 0 heterocycles. The Bertz CT molecular complexity index is 743. The molecule has 0 bridgehead atoms. The van der Waals surface area contributed by atoms with Crippen LogP contribution in [-0.4, -0.2) is 29.3 Å². The van der Waals surface area contributed by atoms with Crippen molar-refractivity contribution in [3.8, 4) is 0 Å². The summed E-state index contributed by atoms with van der Waals surface area (Å²) in [6.07, 6.45) is 1.75. The van der Waals surface area contributed by atoms with Gasteiger partial charge in [0.05, 0.1) is 0 Å². The molecule has 4 nitrogen and oxygen atoms in total. The Labute approximate surface area is 162 Å². The minimum Gasteiger partial charge on any atom is -0.354 e. The molecule has 0 fully saturated rings. The molecule has 0 aliphatic carbocycles. The quantitative estimate of drug-likeness (QED) is 0.732. The third-order valence-electron chi connectivity index (χ3n) is 4.56. The summed E-state index contributed by atoms with van der Waals surface area (Å²) in [5.41, 5.74) is 3.23. The standard InChI is InChI=1S/C23H30N2O2/c1-4-14-24-23(27)21(16-19-11-7-6-8-12-19)25(22(26)5-2)17-20-13-9-10-18(3)15-20/h6-13,15,21H,4-5,14,16-17H2,1-3H3,(H,24,27). The van der Waals surface area contributed by atoms with Gasteiger partial charge in [0, 0.05) is 25.9 Å². The lowest BCUT2D eigenvalue weighted by atomic mass is 10.0. The first-order valence-corrected chi connectivity index (χ1v) is 9.71. The first kappa shape index (κ1) is 20.7. The largest absolute Gasteiger partial charge is 0.354 e. The Morgan fingerprint density at radius 2 is 1.70 bits per heavy atom. The first-order chi connectivity index (χ1) is 13.0. The van der Waals surface area contributed by atoms with Gasteiger partial charge in [-0.1, -0.05) is 74.0 Å². The number of aryl methyl sites for hydroxylation is 1. The number of carbonyl (C=O) groups is 2. The van der Waals surface area contributed by atoms with Gasteiger partial charge >= 0.3 is 0 Å². The average Bonchev–Trinajstić information content (AvgIpc) is 2.69. The van der Waals surface area contributed by atoms with Gasteiger partial charge in [-0.3, -0.25) is 9.59 Å². The summed E-state index contributed by atoms with van der Waals surface area (Å²) < 4.78 is 0. The van der Waals surface area contributed by atoms with E-state index in [0.29, 0.717) is 25.9 Å². The second-order valence-corrected chi connectivity index (χ2v) is 6.86. The van der Waals surface area contributed by atoms with Gasteiger partial charge in [-0.2, -0.15) is 0 Å². The number of nitrogens with zero attached hydrogens (tertiary/aromatic N) is 1. The number of hydrogen-bond donors (Lipinski definition) is 1. The lowest BCUT2D eigenvalue weighted by Gasteiger charge is -2.31. The van der Waals surface area contributed by atoms with E-state index in [1.54, 1.807) is 4.90 Å². The fourth-order valence-corrected chi connectivity index (χ4v) is 3.13. The Balaban J connectivity index is 2.32. The zero-order valence-corrected chi connectivity index (χ0v) is 16.6. The van der Waals surface area contributed by atoms with Crippen LogP contribution in [0.3, 0.4) is 0 Å². The van der Waals surface area contributed by atoms with Gasteiger partial charge in [0.25, 0.3) is 0 Å². The summed E-state index contributed by atoms with van der Waals surface area (Å²) in [5, 5.41) is 2.98. The summed E-state index contributed by atoms with van der Waals surface area (Å²) >= 11 is 0. The highest BCUT2D eigenvalue weighted by atomic mass is 16.2. The van der Waals surface area contributed by atoms with Crippen molar-refractivity contribution in [2.45, 2.75) is 52.6 Å². The molecule has 4 heteroatoms. The van der Waals surface area contributed by atoms with Crippen LogP contribution in [0.4, 0.5) is 0 Å². The molecule has 1 atom stereocenters. The van der Waals surface area contributed by atoms with Gasteiger partial charge in [-0.25, -0.2) is 0 Å². The van der Waals surface area contributed by atoms with Crippen LogP contribution in [0.25, 0.3) is 0 Å². The average molecular weight is 367 g/mol. The smallest absolute Gasteiger partial charge is 0.243 e. The van der Waals surface area contributed by atoms with Crippen molar-refractivity contribution in [3.63, 3.8) is 0 Å². The lowest BCUT2D eigenvalue weighted by molar-refractivity contribution is -0.141. The van der Waals surface area contributed by atoms with Crippen LogP contribution in [0.15, 0.2) is 54.6 Å². The number of benzene rings is 2. The van der Waals surface area contributed by atoms with Crippen molar-refractivity contribution in [2.24, 2.45) is 0 Å². The molecule has 0 aliphatic heterocycles. The van der Waals surface area contributed by atoms with Crippen molar-refractivity contribution >= 4 is 11.8 Å². The van der Waals surface area contributed by atoms with Gasteiger partial charge in [0.1, 0.15) is 6.04 Å². The van der Waals surface area contributed by atoms with Crippen LogP contribution < -0.4 is 5.32 Å². The van der Waals surface area contributed by atoms with Crippen molar-refractivity contribution < 1.29 is 9.59 Å². The molecule has 1 unspecified atom stereocenters. The summed E-state index contributed by atoms with van der Waals surface area (Å²) in [7, 11) is 0. The number of nitrogens with one attached hydrogen (secondary N) is 1. The van der Waals surface area contributed by atoms with Crippen molar-refractivity contribution in [1.29, 1.82) is 0 Å². The van der Waals surface area contributed by atoms with Crippen LogP contribution in [0.2, 0.25) is 0 Å². The topological polar surface area (TPSA) is 49.4 Å². The van der Waals surface area contributed by atoms with E-state index in [2.05, 4.69) is 11.4 Å². The predicted octanol–water partition coefficient (Wildman–Crippen LogP) is 3.87. The van der Waals surface area contributed by atoms with Crippen LogP contribution in [0, 0.1) is 6.92 Å². The van der Waals surface area contributed by atoms with E-state index in [0.717, 1.165) is 23.1 Å². The molecule has 1 N–H and O–H groups in total. The monoisotopic (exact) mass is 366 g/mol. The summed E-state index contributed by atoms with van der Waals surface area (Å²) in [4.78, 5) is 27.4. The summed E-state index contributed by atoms with van der Waals surface area (Å²) in [6.45, 7) is 6.95. The van der Waals surface area contributed by atoms with Crippen LogP contribution in [0.5, 0.6) is 0 Å². The van der Waals surface area contributed by atoms with Gasteiger partial charge in [-0.15, -0.1) is 0 Å². The van der Waals surface area contributed by atoms with Crippen molar-refractivity contribution in [3.05, 3.63) is 71.3 Å². The third kappa shape index (κ3) is 6.24. The molecule has 2 aromatic rings. The minimum absolute atomic E-state index is 0.0101. The molecule has 27 heavy (non-hydrogen) atoms. The minimum atomic E-state index is -0.521. The number of rotatable bonds is 9. The molecule has 2 aromatic carbocycles. The molecule has 144 valence electrons. The predicted molar refractivity (Wildman–Crippen MR) is 109 cm³/mol. The molecular formula is C23H30N2O2. The molecule has 2 rings (SSSR count). The van der Waals surface area contributed by atoms with Gasteiger partial charge in [0.15, 0.2) is 0 Å². The number of amides is 2. The Kier molecular flexibility index (Phi) is 8.05. The molecule has 2 amide bonds. The molecule has 0 spiro atoms. The SMILES string of the molecule is CCCNC(=O)C(Cc1ccccc1)N(Cc1cccc(C)c1)C(=O)CC. The van der Waals surface area contributed by atoms with Crippen molar-refractivity contribution in [1.82, 2.24) is 10.2 Å². The number of hydrogen-bond acceptors (Lipinski definition) is 2. The second-order valence-electron chi connectivity index (χ2n) is 6.86. The highest BCUT2D eigenvalue weighted by Gasteiger charge is 2.29. The maximum absolute atomic E-state index is 12.9. The maximum Gasteiger partial charge on any atom is 0.243 e.